The molecule has 2 aromatic rings. The fourth-order valence-corrected chi connectivity index (χ4v) is 3.15. The summed E-state index contributed by atoms with van der Waals surface area (Å²) in [5.41, 5.74) is 0.895. The van der Waals surface area contributed by atoms with E-state index in [1.165, 1.54) is 16.7 Å². The van der Waals surface area contributed by atoms with Gasteiger partial charge >= 0.3 is 6.03 Å². The van der Waals surface area contributed by atoms with Gasteiger partial charge in [0, 0.05) is 23.1 Å². The Morgan fingerprint density at radius 1 is 1.41 bits per heavy atom. The molecule has 9 heteroatoms. The summed E-state index contributed by atoms with van der Waals surface area (Å²) in [6.45, 7) is 0.913. The molecule has 0 bridgehead atoms. The monoisotopic (exact) mass is 381 g/mol. The predicted octanol–water partition coefficient (Wildman–Crippen LogP) is 1.88. The van der Waals surface area contributed by atoms with Crippen molar-refractivity contribution in [2.45, 2.75) is 5.16 Å². The molecule has 1 aromatic carbocycles. The summed E-state index contributed by atoms with van der Waals surface area (Å²) >= 11 is 4.65. The number of hydrogen-bond donors (Lipinski definition) is 2. The van der Waals surface area contributed by atoms with E-state index in [1.807, 2.05) is 24.3 Å². The molecule has 0 saturated carbocycles. The highest BCUT2D eigenvalue weighted by atomic mass is 79.9. The summed E-state index contributed by atoms with van der Waals surface area (Å²) in [5, 5.41) is 10.0. The molecular weight excluding hydrogens is 370 g/mol. The second-order valence-corrected chi connectivity index (χ2v) is 6.31. The van der Waals surface area contributed by atoms with E-state index >= 15 is 0 Å². The molecule has 114 valence electrons. The molecule has 2 N–H and O–H groups in total. The standard InChI is InChI=1S/C13H12BrN5O2S/c14-9-4-2-1-3-8(9)11-16-12(18-17-11)22-7-10(20)19-6-5-15-13(19)21/h1-4H,5-7H2,(H,15,21)(H,16,17,18). The Hall–Kier alpha value is -1.87. The minimum atomic E-state index is -0.338. The van der Waals surface area contributed by atoms with Gasteiger partial charge in [-0.1, -0.05) is 45.9 Å². The summed E-state index contributed by atoms with van der Waals surface area (Å²) in [6, 6.07) is 7.32. The molecular formula is C13H12BrN5O2S. The van der Waals surface area contributed by atoms with E-state index in [-0.39, 0.29) is 17.7 Å². The Kier molecular flexibility index (Phi) is 4.44. The van der Waals surface area contributed by atoms with Crippen LogP contribution in [0.2, 0.25) is 0 Å². The molecule has 3 amide bonds. The van der Waals surface area contributed by atoms with Gasteiger partial charge in [0.2, 0.25) is 11.1 Å². The first kappa shape index (κ1) is 15.0. The fraction of sp³-hybridized carbons (Fsp3) is 0.231. The van der Waals surface area contributed by atoms with Crippen molar-refractivity contribution >= 4 is 39.6 Å². The summed E-state index contributed by atoms with van der Waals surface area (Å²) in [7, 11) is 0. The summed E-state index contributed by atoms with van der Waals surface area (Å²) in [4.78, 5) is 28.9. The van der Waals surface area contributed by atoms with Crippen molar-refractivity contribution in [2.24, 2.45) is 0 Å². The number of thioether (sulfide) groups is 1. The molecule has 0 spiro atoms. The highest BCUT2D eigenvalue weighted by Crippen LogP contribution is 2.26. The fourth-order valence-electron chi connectivity index (χ4n) is 2.00. The molecule has 1 aromatic heterocycles. The van der Waals surface area contributed by atoms with E-state index < -0.39 is 0 Å². The average molecular weight is 382 g/mol. The van der Waals surface area contributed by atoms with Gasteiger partial charge in [0.05, 0.1) is 5.75 Å². The van der Waals surface area contributed by atoms with Gasteiger partial charge < -0.3 is 5.32 Å². The quantitative estimate of drug-likeness (QED) is 0.788. The number of carbonyl (C=O) groups excluding carboxylic acids is 2. The molecule has 1 fully saturated rings. The number of amides is 3. The number of H-pyrrole nitrogens is 1. The molecule has 0 atom stereocenters. The third-order valence-corrected chi connectivity index (χ3v) is 4.60. The van der Waals surface area contributed by atoms with Crippen molar-refractivity contribution in [1.82, 2.24) is 25.4 Å². The SMILES string of the molecule is O=C(CSc1n[nH]c(-c2ccccc2Br)n1)N1CCNC1=O. The minimum Gasteiger partial charge on any atom is -0.336 e. The van der Waals surface area contributed by atoms with Crippen LogP contribution >= 0.6 is 27.7 Å². The zero-order chi connectivity index (χ0) is 15.5. The van der Waals surface area contributed by atoms with E-state index in [0.717, 1.165) is 10.0 Å². The number of hydrogen-bond acceptors (Lipinski definition) is 5. The maximum absolute atomic E-state index is 11.9. The number of aromatic amines is 1. The average Bonchev–Trinajstić information content (AvgIpc) is 3.14. The second-order valence-electron chi connectivity index (χ2n) is 4.51. The number of benzene rings is 1. The Morgan fingerprint density at radius 3 is 2.95 bits per heavy atom. The van der Waals surface area contributed by atoms with Gasteiger partial charge in [0.15, 0.2) is 5.82 Å². The maximum Gasteiger partial charge on any atom is 0.324 e. The third-order valence-electron chi connectivity index (χ3n) is 3.08. The first-order chi connectivity index (χ1) is 10.6. The van der Waals surface area contributed by atoms with E-state index in [4.69, 9.17) is 0 Å². The van der Waals surface area contributed by atoms with Gasteiger partial charge in [-0.15, -0.1) is 5.10 Å². The molecule has 22 heavy (non-hydrogen) atoms. The Bertz CT molecular complexity index is 720. The largest absolute Gasteiger partial charge is 0.336 e. The lowest BCUT2D eigenvalue weighted by Gasteiger charge is -2.10. The van der Waals surface area contributed by atoms with Gasteiger partial charge in [-0.25, -0.2) is 9.78 Å². The second kappa shape index (κ2) is 6.49. The lowest BCUT2D eigenvalue weighted by atomic mass is 10.2. The van der Waals surface area contributed by atoms with Crippen molar-refractivity contribution < 1.29 is 9.59 Å². The van der Waals surface area contributed by atoms with Crippen LogP contribution in [0.3, 0.4) is 0 Å². The van der Waals surface area contributed by atoms with Gasteiger partial charge in [-0.05, 0) is 6.07 Å². The number of nitrogens with one attached hydrogen (secondary N) is 2. The van der Waals surface area contributed by atoms with Crippen LogP contribution in [0.5, 0.6) is 0 Å². The molecule has 0 aliphatic carbocycles. The normalized spacial score (nSPS) is 14.2. The Balaban J connectivity index is 1.64. The van der Waals surface area contributed by atoms with Crippen LogP contribution in [-0.2, 0) is 4.79 Å². The van der Waals surface area contributed by atoms with Gasteiger partial charge in [-0.2, -0.15) is 0 Å². The number of halogens is 1. The summed E-state index contributed by atoms with van der Waals surface area (Å²) in [6.07, 6.45) is 0. The third kappa shape index (κ3) is 3.14. The van der Waals surface area contributed by atoms with Gasteiger partial charge in [0.25, 0.3) is 0 Å². The van der Waals surface area contributed by atoms with E-state index in [0.29, 0.717) is 24.1 Å². The van der Waals surface area contributed by atoms with Gasteiger partial charge in [-0.3, -0.25) is 14.8 Å². The van der Waals surface area contributed by atoms with Crippen molar-refractivity contribution in [3.8, 4) is 11.4 Å². The minimum absolute atomic E-state index is 0.126. The van der Waals surface area contributed by atoms with Crippen molar-refractivity contribution in [3.05, 3.63) is 28.7 Å². The topological polar surface area (TPSA) is 91.0 Å². The summed E-state index contributed by atoms with van der Waals surface area (Å²) < 4.78 is 0.910. The van der Waals surface area contributed by atoms with Crippen LogP contribution in [-0.4, -0.2) is 50.9 Å². The summed E-state index contributed by atoms with van der Waals surface area (Å²) in [5.74, 6) is 0.509. The highest BCUT2D eigenvalue weighted by Gasteiger charge is 2.26. The molecule has 1 aliphatic rings. The molecule has 1 aliphatic heterocycles. The Labute approximate surface area is 139 Å². The lowest BCUT2D eigenvalue weighted by molar-refractivity contribution is -0.124. The molecule has 0 unspecified atom stereocenters. The Morgan fingerprint density at radius 2 is 2.23 bits per heavy atom. The van der Waals surface area contributed by atoms with Crippen LogP contribution in [0, 0.1) is 0 Å². The zero-order valence-corrected chi connectivity index (χ0v) is 13.8. The number of rotatable bonds is 4. The van der Waals surface area contributed by atoms with Crippen LogP contribution < -0.4 is 5.32 Å². The van der Waals surface area contributed by atoms with Crippen LogP contribution in [0.15, 0.2) is 33.9 Å². The van der Waals surface area contributed by atoms with Crippen molar-refractivity contribution in [3.63, 3.8) is 0 Å². The lowest BCUT2D eigenvalue weighted by Crippen LogP contribution is -2.35. The molecule has 3 rings (SSSR count). The molecule has 7 nitrogen and oxygen atoms in total. The molecule has 0 radical (unpaired) electrons. The zero-order valence-electron chi connectivity index (χ0n) is 11.4. The van der Waals surface area contributed by atoms with Crippen LogP contribution in [0.4, 0.5) is 4.79 Å². The number of carbonyl (C=O) groups is 2. The first-order valence-corrected chi connectivity index (χ1v) is 8.31. The van der Waals surface area contributed by atoms with E-state index in [1.54, 1.807) is 0 Å². The smallest absolute Gasteiger partial charge is 0.324 e. The van der Waals surface area contributed by atoms with Crippen LogP contribution in [0.1, 0.15) is 0 Å². The molecule has 2 heterocycles. The maximum atomic E-state index is 11.9. The predicted molar refractivity (Wildman–Crippen MR) is 85.4 cm³/mol. The van der Waals surface area contributed by atoms with Crippen LogP contribution in [0.25, 0.3) is 11.4 Å². The van der Waals surface area contributed by atoms with Crippen molar-refractivity contribution in [2.75, 3.05) is 18.8 Å². The van der Waals surface area contributed by atoms with Gasteiger partial charge in [0.1, 0.15) is 0 Å². The van der Waals surface area contributed by atoms with E-state index in [9.17, 15) is 9.59 Å². The first-order valence-electron chi connectivity index (χ1n) is 6.53. The van der Waals surface area contributed by atoms with Crippen molar-refractivity contribution in [1.29, 1.82) is 0 Å². The molecule has 1 saturated heterocycles. The number of urea groups is 1. The number of imide groups is 1. The number of nitrogens with zero attached hydrogens (tertiary/aromatic N) is 3. The number of aromatic nitrogens is 3. The highest BCUT2D eigenvalue weighted by molar-refractivity contribution is 9.10. The van der Waals surface area contributed by atoms with E-state index in [2.05, 4.69) is 36.4 Å².